The van der Waals surface area contributed by atoms with Gasteiger partial charge in [-0.25, -0.2) is 0 Å². The molecule has 0 aromatic heterocycles. The average Bonchev–Trinajstić information content (AvgIpc) is 2.40. The number of rotatable bonds is 7. The summed E-state index contributed by atoms with van der Waals surface area (Å²) in [4.78, 5) is 25.0. The Morgan fingerprint density at radius 3 is 2.61 bits per heavy atom. The highest BCUT2D eigenvalue weighted by Gasteiger charge is 2.15. The summed E-state index contributed by atoms with van der Waals surface area (Å²) in [5.41, 5.74) is 0. The van der Waals surface area contributed by atoms with Gasteiger partial charge in [-0.3, -0.25) is 9.59 Å². The molecule has 0 saturated carbocycles. The van der Waals surface area contributed by atoms with Crippen LogP contribution >= 0.6 is 0 Å². The molecule has 0 atom stereocenters. The van der Waals surface area contributed by atoms with Gasteiger partial charge in [0.1, 0.15) is 6.61 Å². The first-order valence-corrected chi connectivity index (χ1v) is 6.86. The van der Waals surface area contributed by atoms with Crippen molar-refractivity contribution in [1.29, 1.82) is 0 Å². The Labute approximate surface area is 109 Å². The molecule has 0 aliphatic carbocycles. The topological polar surface area (TPSA) is 58.6 Å². The summed E-state index contributed by atoms with van der Waals surface area (Å²) in [7, 11) is 0. The van der Waals surface area contributed by atoms with Gasteiger partial charge in [-0.2, -0.15) is 0 Å². The number of carbonyl (C=O) groups is 2. The van der Waals surface area contributed by atoms with Gasteiger partial charge in [0.05, 0.1) is 0 Å². The van der Waals surface area contributed by atoms with Crippen LogP contribution in [0.2, 0.25) is 0 Å². The highest BCUT2D eigenvalue weighted by Crippen LogP contribution is 2.09. The molecule has 1 aliphatic heterocycles. The number of nitrogens with zero attached hydrogens (tertiary/aromatic N) is 1. The SMILES string of the molecule is CCCOCC(=O)NCCC(=O)N1CCCCC1. The van der Waals surface area contributed by atoms with Gasteiger partial charge in [-0.15, -0.1) is 0 Å². The monoisotopic (exact) mass is 256 g/mol. The van der Waals surface area contributed by atoms with E-state index in [1.54, 1.807) is 0 Å². The molecule has 1 fully saturated rings. The van der Waals surface area contributed by atoms with Crippen LogP contribution < -0.4 is 5.32 Å². The summed E-state index contributed by atoms with van der Waals surface area (Å²) in [6.45, 7) is 4.82. The van der Waals surface area contributed by atoms with Gasteiger partial charge in [-0.1, -0.05) is 6.92 Å². The number of ether oxygens (including phenoxy) is 1. The van der Waals surface area contributed by atoms with Crippen LogP contribution in [0.1, 0.15) is 39.0 Å². The third-order valence-corrected chi connectivity index (χ3v) is 2.95. The van der Waals surface area contributed by atoms with Gasteiger partial charge in [0.25, 0.3) is 0 Å². The van der Waals surface area contributed by atoms with Gasteiger partial charge < -0.3 is 15.0 Å². The van der Waals surface area contributed by atoms with Crippen LogP contribution in [0.25, 0.3) is 0 Å². The largest absolute Gasteiger partial charge is 0.372 e. The first-order valence-electron chi connectivity index (χ1n) is 6.86. The van der Waals surface area contributed by atoms with Gasteiger partial charge in [0.2, 0.25) is 11.8 Å². The van der Waals surface area contributed by atoms with Gasteiger partial charge in [-0.05, 0) is 25.7 Å². The Bertz CT molecular complexity index is 263. The molecule has 0 unspecified atom stereocenters. The number of likely N-dealkylation sites (tertiary alicyclic amines) is 1. The molecule has 0 spiro atoms. The smallest absolute Gasteiger partial charge is 0.246 e. The zero-order chi connectivity index (χ0) is 13.2. The van der Waals surface area contributed by atoms with E-state index in [1.807, 2.05) is 11.8 Å². The summed E-state index contributed by atoms with van der Waals surface area (Å²) >= 11 is 0. The predicted molar refractivity (Wildman–Crippen MR) is 69.2 cm³/mol. The van der Waals surface area contributed by atoms with Crippen LogP contribution in [0.4, 0.5) is 0 Å². The summed E-state index contributed by atoms with van der Waals surface area (Å²) in [6.07, 6.45) is 4.71. The van der Waals surface area contributed by atoms with E-state index in [4.69, 9.17) is 4.74 Å². The van der Waals surface area contributed by atoms with Crippen LogP contribution in [0, 0.1) is 0 Å². The fraction of sp³-hybridized carbons (Fsp3) is 0.846. The fourth-order valence-corrected chi connectivity index (χ4v) is 1.97. The molecule has 0 aromatic rings. The molecule has 1 rings (SSSR count). The third-order valence-electron chi connectivity index (χ3n) is 2.95. The summed E-state index contributed by atoms with van der Waals surface area (Å²) in [5.74, 6) is -0.000583. The molecule has 2 amide bonds. The van der Waals surface area contributed by atoms with Crippen molar-refractivity contribution < 1.29 is 14.3 Å². The van der Waals surface area contributed by atoms with Gasteiger partial charge in [0, 0.05) is 32.7 Å². The van der Waals surface area contributed by atoms with Crippen molar-refractivity contribution in [3.05, 3.63) is 0 Å². The molecule has 5 nitrogen and oxygen atoms in total. The lowest BCUT2D eigenvalue weighted by atomic mass is 10.1. The molecule has 104 valence electrons. The maximum Gasteiger partial charge on any atom is 0.246 e. The highest BCUT2D eigenvalue weighted by molar-refractivity contribution is 5.79. The van der Waals surface area contributed by atoms with E-state index in [2.05, 4.69) is 5.32 Å². The quantitative estimate of drug-likeness (QED) is 0.689. The van der Waals surface area contributed by atoms with E-state index in [0.717, 1.165) is 32.4 Å². The Hall–Kier alpha value is -1.10. The van der Waals surface area contributed by atoms with E-state index in [1.165, 1.54) is 6.42 Å². The second-order valence-corrected chi connectivity index (χ2v) is 4.59. The maximum atomic E-state index is 11.8. The Morgan fingerprint density at radius 1 is 1.22 bits per heavy atom. The molecule has 5 heteroatoms. The van der Waals surface area contributed by atoms with E-state index in [0.29, 0.717) is 19.6 Å². The average molecular weight is 256 g/mol. The standard InChI is InChI=1S/C13H24N2O3/c1-2-10-18-11-12(16)14-7-6-13(17)15-8-4-3-5-9-15/h2-11H2,1H3,(H,14,16). The predicted octanol–water partition coefficient (Wildman–Crippen LogP) is 0.932. The fourth-order valence-electron chi connectivity index (χ4n) is 1.97. The highest BCUT2D eigenvalue weighted by atomic mass is 16.5. The zero-order valence-corrected chi connectivity index (χ0v) is 11.2. The number of nitrogens with one attached hydrogen (secondary N) is 1. The second kappa shape index (κ2) is 8.91. The van der Waals surface area contributed by atoms with E-state index >= 15 is 0 Å². The minimum absolute atomic E-state index is 0.0890. The van der Waals surface area contributed by atoms with Crippen molar-refractivity contribution in [2.75, 3.05) is 32.8 Å². The molecule has 1 heterocycles. The Morgan fingerprint density at radius 2 is 1.94 bits per heavy atom. The number of carbonyl (C=O) groups excluding carboxylic acids is 2. The number of hydrogen-bond donors (Lipinski definition) is 1. The number of amides is 2. The molecule has 0 radical (unpaired) electrons. The van der Waals surface area contributed by atoms with Crippen LogP contribution in [0.3, 0.4) is 0 Å². The van der Waals surface area contributed by atoms with Crippen molar-refractivity contribution in [2.24, 2.45) is 0 Å². The normalized spacial score (nSPS) is 15.5. The molecular formula is C13H24N2O3. The lowest BCUT2D eigenvalue weighted by Crippen LogP contribution is -2.38. The molecular weight excluding hydrogens is 232 g/mol. The number of hydrogen-bond acceptors (Lipinski definition) is 3. The molecule has 1 N–H and O–H groups in total. The second-order valence-electron chi connectivity index (χ2n) is 4.59. The lowest BCUT2D eigenvalue weighted by molar-refractivity contribution is -0.132. The van der Waals surface area contributed by atoms with Crippen molar-refractivity contribution in [2.45, 2.75) is 39.0 Å². The molecule has 0 aromatic carbocycles. The van der Waals surface area contributed by atoms with Crippen LogP contribution in [-0.2, 0) is 14.3 Å². The van der Waals surface area contributed by atoms with Crippen LogP contribution in [0.5, 0.6) is 0 Å². The Balaban J connectivity index is 2.05. The molecule has 1 saturated heterocycles. The first kappa shape index (κ1) is 15.0. The summed E-state index contributed by atoms with van der Waals surface area (Å²) < 4.78 is 5.11. The van der Waals surface area contributed by atoms with Crippen molar-refractivity contribution in [3.63, 3.8) is 0 Å². The third kappa shape index (κ3) is 6.00. The van der Waals surface area contributed by atoms with E-state index in [9.17, 15) is 9.59 Å². The summed E-state index contributed by atoms with van der Waals surface area (Å²) in [6, 6.07) is 0. The minimum atomic E-state index is -0.144. The van der Waals surface area contributed by atoms with Crippen LogP contribution in [-0.4, -0.2) is 49.6 Å². The summed E-state index contributed by atoms with van der Waals surface area (Å²) in [5, 5.41) is 2.70. The van der Waals surface area contributed by atoms with Crippen molar-refractivity contribution in [3.8, 4) is 0 Å². The maximum absolute atomic E-state index is 11.8. The number of piperidine rings is 1. The lowest BCUT2D eigenvalue weighted by Gasteiger charge is -2.26. The first-order chi connectivity index (χ1) is 8.74. The molecule has 18 heavy (non-hydrogen) atoms. The van der Waals surface area contributed by atoms with Crippen LogP contribution in [0.15, 0.2) is 0 Å². The van der Waals surface area contributed by atoms with Crippen molar-refractivity contribution in [1.82, 2.24) is 10.2 Å². The van der Waals surface area contributed by atoms with Gasteiger partial charge >= 0.3 is 0 Å². The van der Waals surface area contributed by atoms with E-state index < -0.39 is 0 Å². The van der Waals surface area contributed by atoms with E-state index in [-0.39, 0.29) is 18.4 Å². The minimum Gasteiger partial charge on any atom is -0.372 e. The molecule has 1 aliphatic rings. The Kier molecular flexibility index (Phi) is 7.41. The molecule has 0 bridgehead atoms. The van der Waals surface area contributed by atoms with Crippen molar-refractivity contribution >= 4 is 11.8 Å². The van der Waals surface area contributed by atoms with Gasteiger partial charge in [0.15, 0.2) is 0 Å². The zero-order valence-electron chi connectivity index (χ0n) is 11.2.